The predicted octanol–water partition coefficient (Wildman–Crippen LogP) is 2.91. The molecule has 1 saturated heterocycles. The summed E-state index contributed by atoms with van der Waals surface area (Å²) in [7, 11) is 1.91. The van der Waals surface area contributed by atoms with E-state index in [1.165, 1.54) is 5.69 Å². The van der Waals surface area contributed by atoms with Gasteiger partial charge in [0.15, 0.2) is 5.82 Å². The van der Waals surface area contributed by atoms with Crippen molar-refractivity contribution in [1.82, 2.24) is 24.5 Å². The molecule has 1 atom stereocenters. The Labute approximate surface area is 198 Å². The highest BCUT2D eigenvalue weighted by molar-refractivity contribution is 5.78. The molecule has 0 bridgehead atoms. The molecule has 2 aromatic heterocycles. The molecule has 174 valence electrons. The zero-order valence-electron chi connectivity index (χ0n) is 19.4. The van der Waals surface area contributed by atoms with Crippen LogP contribution in [0.2, 0.25) is 0 Å². The standard InChI is InChI=1S/C25H27N7O2/c1-16(33)30-8-6-24-22(13-30)25(28-32(24)20-14-34-15-20)31-12-18(5-7-26)21-9-17(3-4-23(21)31)19-10-27-29(2)11-19/h3-4,9-11,18,20H,5-6,8,12-15H2,1-2H3/t18-/m1/s1. The van der Waals surface area contributed by atoms with E-state index in [-0.39, 0.29) is 17.9 Å². The van der Waals surface area contributed by atoms with Crippen LogP contribution in [0.25, 0.3) is 11.1 Å². The highest BCUT2D eigenvalue weighted by Crippen LogP contribution is 2.46. The van der Waals surface area contributed by atoms with Gasteiger partial charge < -0.3 is 14.5 Å². The van der Waals surface area contributed by atoms with E-state index in [4.69, 9.17) is 9.84 Å². The Morgan fingerprint density at radius 2 is 2.15 bits per heavy atom. The van der Waals surface area contributed by atoms with Gasteiger partial charge in [-0.2, -0.15) is 15.5 Å². The van der Waals surface area contributed by atoms with Crippen molar-refractivity contribution in [3.05, 3.63) is 47.4 Å². The van der Waals surface area contributed by atoms with Gasteiger partial charge in [0.25, 0.3) is 0 Å². The van der Waals surface area contributed by atoms with Crippen molar-refractivity contribution in [2.24, 2.45) is 7.05 Å². The van der Waals surface area contributed by atoms with Gasteiger partial charge in [-0.25, -0.2) is 0 Å². The van der Waals surface area contributed by atoms with E-state index in [2.05, 4.69) is 38.9 Å². The summed E-state index contributed by atoms with van der Waals surface area (Å²) in [6.07, 6.45) is 5.10. The fraction of sp³-hybridized carbons (Fsp3) is 0.440. The predicted molar refractivity (Wildman–Crippen MR) is 125 cm³/mol. The maximum Gasteiger partial charge on any atom is 0.219 e. The Morgan fingerprint density at radius 1 is 1.29 bits per heavy atom. The molecule has 5 heterocycles. The Hall–Kier alpha value is -3.64. The molecule has 1 aromatic carbocycles. The lowest BCUT2D eigenvalue weighted by Crippen LogP contribution is -2.37. The third kappa shape index (κ3) is 3.29. The summed E-state index contributed by atoms with van der Waals surface area (Å²) >= 11 is 0. The van der Waals surface area contributed by atoms with Gasteiger partial charge in [0.05, 0.1) is 38.1 Å². The topological polar surface area (TPSA) is 92.2 Å². The number of amides is 1. The molecule has 0 aliphatic carbocycles. The summed E-state index contributed by atoms with van der Waals surface area (Å²) < 4.78 is 9.38. The van der Waals surface area contributed by atoms with Crippen LogP contribution in [0.5, 0.6) is 0 Å². The smallest absolute Gasteiger partial charge is 0.219 e. The Morgan fingerprint density at radius 3 is 2.82 bits per heavy atom. The number of benzene rings is 1. The summed E-state index contributed by atoms with van der Waals surface area (Å²) in [6.45, 7) is 4.95. The monoisotopic (exact) mass is 457 g/mol. The zero-order chi connectivity index (χ0) is 23.4. The molecular formula is C25H27N7O2. The first-order valence-corrected chi connectivity index (χ1v) is 11.7. The first kappa shape index (κ1) is 20.9. The van der Waals surface area contributed by atoms with E-state index in [0.717, 1.165) is 40.2 Å². The van der Waals surface area contributed by atoms with Crippen LogP contribution in [-0.2, 0) is 29.5 Å². The van der Waals surface area contributed by atoms with Gasteiger partial charge in [0, 0.05) is 74.5 Å². The lowest BCUT2D eigenvalue weighted by Gasteiger charge is -2.31. The number of carbonyl (C=O) groups is 1. The molecule has 1 amide bonds. The van der Waals surface area contributed by atoms with Crippen molar-refractivity contribution in [2.45, 2.75) is 38.3 Å². The number of hydrogen-bond donors (Lipinski definition) is 0. The first-order valence-electron chi connectivity index (χ1n) is 11.7. The van der Waals surface area contributed by atoms with Crippen molar-refractivity contribution in [1.29, 1.82) is 5.26 Å². The van der Waals surface area contributed by atoms with Gasteiger partial charge in [0.1, 0.15) is 0 Å². The van der Waals surface area contributed by atoms with Gasteiger partial charge in [-0.05, 0) is 23.3 Å². The SMILES string of the molecule is CC(=O)N1CCc2c(c(N3C[C@@H](CC#N)c4cc(-c5cnn(C)c5)ccc43)nn2C2COC2)C1. The molecular weight excluding hydrogens is 430 g/mol. The van der Waals surface area contributed by atoms with Crippen LogP contribution in [0.3, 0.4) is 0 Å². The molecule has 3 aliphatic heterocycles. The Kier molecular flexibility index (Phi) is 4.92. The highest BCUT2D eigenvalue weighted by atomic mass is 16.5. The fourth-order valence-electron chi connectivity index (χ4n) is 5.36. The molecule has 0 spiro atoms. The third-order valence-electron chi connectivity index (χ3n) is 7.27. The van der Waals surface area contributed by atoms with Gasteiger partial charge in [0.2, 0.25) is 5.91 Å². The number of hydrogen-bond acceptors (Lipinski definition) is 6. The van der Waals surface area contributed by atoms with Gasteiger partial charge in [-0.15, -0.1) is 0 Å². The molecule has 0 N–H and O–H groups in total. The second kappa shape index (κ2) is 7.99. The van der Waals surface area contributed by atoms with E-state index in [1.54, 1.807) is 11.6 Å². The Bertz CT molecular complexity index is 1310. The summed E-state index contributed by atoms with van der Waals surface area (Å²) in [4.78, 5) is 16.3. The largest absolute Gasteiger partial charge is 0.377 e. The van der Waals surface area contributed by atoms with Crippen LogP contribution in [0, 0.1) is 11.3 Å². The molecule has 0 radical (unpaired) electrons. The third-order valence-corrected chi connectivity index (χ3v) is 7.27. The van der Waals surface area contributed by atoms with E-state index < -0.39 is 0 Å². The zero-order valence-corrected chi connectivity index (χ0v) is 19.4. The number of fused-ring (bicyclic) bond motifs is 2. The lowest BCUT2D eigenvalue weighted by atomic mass is 9.95. The van der Waals surface area contributed by atoms with Crippen LogP contribution >= 0.6 is 0 Å². The molecule has 9 nitrogen and oxygen atoms in total. The van der Waals surface area contributed by atoms with Gasteiger partial charge in [-0.1, -0.05) is 6.07 Å². The number of aryl methyl sites for hydroxylation is 1. The summed E-state index contributed by atoms with van der Waals surface area (Å²) in [6, 6.07) is 9.07. The first-order chi connectivity index (χ1) is 16.5. The van der Waals surface area contributed by atoms with Crippen LogP contribution < -0.4 is 4.90 Å². The number of aromatic nitrogens is 4. The van der Waals surface area contributed by atoms with Gasteiger partial charge >= 0.3 is 0 Å². The van der Waals surface area contributed by atoms with E-state index in [0.29, 0.717) is 39.3 Å². The summed E-state index contributed by atoms with van der Waals surface area (Å²) in [5, 5.41) is 18.9. The molecule has 1 fully saturated rings. The number of rotatable bonds is 4. The fourth-order valence-corrected chi connectivity index (χ4v) is 5.36. The van der Waals surface area contributed by atoms with Crippen molar-refractivity contribution < 1.29 is 9.53 Å². The molecule has 9 heteroatoms. The minimum Gasteiger partial charge on any atom is -0.377 e. The second-order valence-corrected chi connectivity index (χ2v) is 9.42. The van der Waals surface area contributed by atoms with E-state index >= 15 is 0 Å². The normalized spacial score (nSPS) is 19.5. The summed E-state index contributed by atoms with van der Waals surface area (Å²) in [5.74, 6) is 1.09. The molecule has 0 unspecified atom stereocenters. The van der Waals surface area contributed by atoms with Crippen molar-refractivity contribution in [3.8, 4) is 17.2 Å². The van der Waals surface area contributed by atoms with E-state index in [9.17, 15) is 10.1 Å². The van der Waals surface area contributed by atoms with Gasteiger partial charge in [-0.3, -0.25) is 14.2 Å². The number of nitriles is 1. The Balaban J connectivity index is 1.44. The molecule has 34 heavy (non-hydrogen) atoms. The molecule has 3 aliphatic rings. The van der Waals surface area contributed by atoms with E-state index in [1.807, 2.05) is 24.3 Å². The maximum atomic E-state index is 12.2. The van der Waals surface area contributed by atoms with Crippen molar-refractivity contribution in [2.75, 3.05) is 31.2 Å². The average molecular weight is 458 g/mol. The van der Waals surface area contributed by atoms with Crippen LogP contribution in [-0.4, -0.2) is 56.7 Å². The minimum atomic E-state index is 0.0848. The number of nitrogens with zero attached hydrogens (tertiary/aromatic N) is 7. The maximum absolute atomic E-state index is 12.2. The highest BCUT2D eigenvalue weighted by Gasteiger charge is 2.37. The minimum absolute atomic E-state index is 0.0848. The van der Waals surface area contributed by atoms with Crippen LogP contribution in [0.4, 0.5) is 11.5 Å². The number of anilines is 2. The molecule has 6 rings (SSSR count). The second-order valence-electron chi connectivity index (χ2n) is 9.42. The lowest BCUT2D eigenvalue weighted by molar-refractivity contribution is -0.129. The number of carbonyl (C=O) groups excluding carboxylic acids is 1. The quantitative estimate of drug-likeness (QED) is 0.598. The van der Waals surface area contributed by atoms with Crippen LogP contribution in [0.15, 0.2) is 30.6 Å². The molecule has 0 saturated carbocycles. The average Bonchev–Trinajstić information content (AvgIpc) is 3.48. The van der Waals surface area contributed by atoms with Crippen molar-refractivity contribution in [3.63, 3.8) is 0 Å². The molecule has 3 aromatic rings. The van der Waals surface area contributed by atoms with Crippen molar-refractivity contribution >= 4 is 17.4 Å². The summed E-state index contributed by atoms with van der Waals surface area (Å²) in [5.41, 5.74) is 6.73. The number of ether oxygens (including phenoxy) is 1. The van der Waals surface area contributed by atoms with Crippen LogP contribution in [0.1, 0.15) is 42.1 Å².